The van der Waals surface area contributed by atoms with Crippen LogP contribution in [0.1, 0.15) is 33.6 Å². The average Bonchev–Trinajstić information content (AvgIpc) is 1.82. The SMILES string of the molecule is CC(S)CCC(C)C(C)F. The van der Waals surface area contributed by atoms with Crippen molar-refractivity contribution in [2.24, 2.45) is 5.92 Å². The standard InChI is InChI=1S/C8H17FS/c1-6(8(3)9)4-5-7(2)10/h6-8,10H,4-5H2,1-3H3. The molecule has 3 unspecified atom stereocenters. The summed E-state index contributed by atoms with van der Waals surface area (Å²) in [6.45, 7) is 5.60. The van der Waals surface area contributed by atoms with Crippen molar-refractivity contribution in [1.82, 2.24) is 0 Å². The first-order valence-electron chi connectivity index (χ1n) is 3.86. The van der Waals surface area contributed by atoms with Crippen molar-refractivity contribution < 1.29 is 4.39 Å². The second-order valence-electron chi connectivity index (χ2n) is 3.08. The fourth-order valence-electron chi connectivity index (χ4n) is 0.734. The van der Waals surface area contributed by atoms with Gasteiger partial charge in [0.25, 0.3) is 0 Å². The zero-order valence-electron chi connectivity index (χ0n) is 6.97. The molecule has 0 rings (SSSR count). The third kappa shape index (κ3) is 5.10. The Morgan fingerprint density at radius 3 is 2.00 bits per heavy atom. The van der Waals surface area contributed by atoms with Gasteiger partial charge in [-0.05, 0) is 30.9 Å². The Morgan fingerprint density at radius 2 is 1.70 bits per heavy atom. The molecule has 10 heavy (non-hydrogen) atoms. The Balaban J connectivity index is 3.30. The van der Waals surface area contributed by atoms with Gasteiger partial charge >= 0.3 is 0 Å². The van der Waals surface area contributed by atoms with Gasteiger partial charge in [0.2, 0.25) is 0 Å². The molecule has 0 aliphatic rings. The Morgan fingerprint density at radius 1 is 1.20 bits per heavy atom. The summed E-state index contributed by atoms with van der Waals surface area (Å²) in [5.74, 6) is 0.189. The molecule has 0 radical (unpaired) electrons. The van der Waals surface area contributed by atoms with Gasteiger partial charge in [-0.25, -0.2) is 4.39 Å². The number of hydrogen-bond acceptors (Lipinski definition) is 1. The van der Waals surface area contributed by atoms with Gasteiger partial charge in [0, 0.05) is 0 Å². The van der Waals surface area contributed by atoms with Gasteiger partial charge in [0.15, 0.2) is 0 Å². The lowest BCUT2D eigenvalue weighted by Gasteiger charge is -2.12. The quantitative estimate of drug-likeness (QED) is 0.606. The molecular formula is C8H17FS. The molecule has 0 aromatic carbocycles. The van der Waals surface area contributed by atoms with Crippen LogP contribution in [-0.4, -0.2) is 11.4 Å². The summed E-state index contributed by atoms with van der Waals surface area (Å²) in [5.41, 5.74) is 0. The Kier molecular flexibility index (Phi) is 5.14. The van der Waals surface area contributed by atoms with Gasteiger partial charge < -0.3 is 0 Å². The number of rotatable bonds is 4. The van der Waals surface area contributed by atoms with Gasteiger partial charge in [-0.15, -0.1) is 0 Å². The fraction of sp³-hybridized carbons (Fsp3) is 1.00. The number of hydrogen-bond donors (Lipinski definition) is 1. The molecule has 0 heterocycles. The van der Waals surface area contributed by atoms with Crippen LogP contribution in [0.15, 0.2) is 0 Å². The largest absolute Gasteiger partial charge is 0.248 e. The predicted octanol–water partition coefficient (Wildman–Crippen LogP) is 3.08. The third-order valence-corrected chi connectivity index (χ3v) is 2.08. The lowest BCUT2D eigenvalue weighted by molar-refractivity contribution is 0.250. The zero-order valence-corrected chi connectivity index (χ0v) is 7.87. The number of halogens is 1. The molecule has 0 amide bonds. The van der Waals surface area contributed by atoms with E-state index in [0.29, 0.717) is 5.25 Å². The van der Waals surface area contributed by atoms with Gasteiger partial charge in [-0.3, -0.25) is 0 Å². The van der Waals surface area contributed by atoms with Crippen molar-refractivity contribution in [3.05, 3.63) is 0 Å². The van der Waals surface area contributed by atoms with Crippen LogP contribution in [0.5, 0.6) is 0 Å². The van der Waals surface area contributed by atoms with Crippen molar-refractivity contribution >= 4 is 12.6 Å². The maximum Gasteiger partial charge on any atom is 0.0998 e. The molecule has 0 nitrogen and oxygen atoms in total. The Labute approximate surface area is 68.6 Å². The lowest BCUT2D eigenvalue weighted by Crippen LogP contribution is -2.09. The lowest BCUT2D eigenvalue weighted by atomic mass is 10.0. The summed E-state index contributed by atoms with van der Waals surface area (Å²) in [6.07, 6.45) is 1.29. The van der Waals surface area contributed by atoms with E-state index in [-0.39, 0.29) is 5.92 Å². The number of thiol groups is 1. The highest BCUT2D eigenvalue weighted by Gasteiger charge is 2.10. The maximum atomic E-state index is 12.5. The van der Waals surface area contributed by atoms with E-state index in [1.807, 2.05) is 13.8 Å². The first-order valence-corrected chi connectivity index (χ1v) is 4.37. The van der Waals surface area contributed by atoms with Crippen LogP contribution in [0.3, 0.4) is 0 Å². The second kappa shape index (κ2) is 5.00. The van der Waals surface area contributed by atoms with Crippen molar-refractivity contribution in [2.75, 3.05) is 0 Å². The van der Waals surface area contributed by atoms with Crippen LogP contribution in [0.2, 0.25) is 0 Å². The van der Waals surface area contributed by atoms with E-state index in [1.165, 1.54) is 0 Å². The molecule has 2 heteroatoms. The normalized spacial score (nSPS) is 20.1. The zero-order chi connectivity index (χ0) is 8.15. The summed E-state index contributed by atoms with van der Waals surface area (Å²) >= 11 is 4.22. The number of alkyl halides is 1. The molecule has 0 saturated heterocycles. The average molecular weight is 164 g/mol. The van der Waals surface area contributed by atoms with Crippen LogP contribution in [0.25, 0.3) is 0 Å². The smallest absolute Gasteiger partial charge is 0.0998 e. The van der Waals surface area contributed by atoms with Gasteiger partial charge in [0.1, 0.15) is 0 Å². The highest BCUT2D eigenvalue weighted by atomic mass is 32.1. The minimum atomic E-state index is -0.674. The molecule has 0 aromatic heterocycles. The molecule has 0 aromatic rings. The van der Waals surface area contributed by atoms with Crippen LogP contribution in [0.4, 0.5) is 4.39 Å². The summed E-state index contributed by atoms with van der Waals surface area (Å²) in [5, 5.41) is 0.404. The third-order valence-electron chi connectivity index (χ3n) is 1.82. The van der Waals surface area contributed by atoms with E-state index in [2.05, 4.69) is 12.6 Å². The molecule has 0 spiro atoms. The van der Waals surface area contributed by atoms with Crippen LogP contribution in [0, 0.1) is 5.92 Å². The molecule has 62 valence electrons. The van der Waals surface area contributed by atoms with Crippen LogP contribution < -0.4 is 0 Å². The Bertz CT molecular complexity index is 81.3. The molecule has 0 aliphatic carbocycles. The molecule has 3 atom stereocenters. The molecule has 0 fully saturated rings. The Hall–Kier alpha value is 0.280. The topological polar surface area (TPSA) is 0 Å². The van der Waals surface area contributed by atoms with E-state index in [4.69, 9.17) is 0 Å². The predicted molar refractivity (Wildman–Crippen MR) is 47.4 cm³/mol. The first kappa shape index (κ1) is 10.3. The van der Waals surface area contributed by atoms with E-state index in [9.17, 15) is 4.39 Å². The highest BCUT2D eigenvalue weighted by molar-refractivity contribution is 7.80. The van der Waals surface area contributed by atoms with Crippen LogP contribution in [-0.2, 0) is 0 Å². The highest BCUT2D eigenvalue weighted by Crippen LogP contribution is 2.16. The monoisotopic (exact) mass is 164 g/mol. The van der Waals surface area contributed by atoms with Gasteiger partial charge in [-0.1, -0.05) is 13.8 Å². The fourth-order valence-corrected chi connectivity index (χ4v) is 0.883. The summed E-state index contributed by atoms with van der Waals surface area (Å²) < 4.78 is 12.5. The minimum absolute atomic E-state index is 0.189. The molecule has 0 N–H and O–H groups in total. The molecular weight excluding hydrogens is 147 g/mol. The van der Waals surface area contributed by atoms with Gasteiger partial charge in [0.05, 0.1) is 6.17 Å². The van der Waals surface area contributed by atoms with Gasteiger partial charge in [-0.2, -0.15) is 12.6 Å². The maximum absolute atomic E-state index is 12.5. The van der Waals surface area contributed by atoms with E-state index in [1.54, 1.807) is 6.92 Å². The summed E-state index contributed by atoms with van der Waals surface area (Å²) in [7, 11) is 0. The molecule has 0 saturated carbocycles. The van der Waals surface area contributed by atoms with E-state index in [0.717, 1.165) is 12.8 Å². The van der Waals surface area contributed by atoms with Crippen molar-refractivity contribution in [3.63, 3.8) is 0 Å². The van der Waals surface area contributed by atoms with E-state index >= 15 is 0 Å². The summed E-state index contributed by atoms with van der Waals surface area (Å²) in [4.78, 5) is 0. The minimum Gasteiger partial charge on any atom is -0.248 e. The van der Waals surface area contributed by atoms with Crippen LogP contribution >= 0.6 is 12.6 Å². The van der Waals surface area contributed by atoms with E-state index < -0.39 is 6.17 Å². The van der Waals surface area contributed by atoms with Crippen molar-refractivity contribution in [1.29, 1.82) is 0 Å². The van der Waals surface area contributed by atoms with Crippen molar-refractivity contribution in [3.8, 4) is 0 Å². The summed E-state index contributed by atoms with van der Waals surface area (Å²) in [6, 6.07) is 0. The second-order valence-corrected chi connectivity index (χ2v) is 3.96. The molecule has 0 bridgehead atoms. The van der Waals surface area contributed by atoms with Crippen molar-refractivity contribution in [2.45, 2.75) is 45.0 Å². The molecule has 0 aliphatic heterocycles. The first-order chi connectivity index (χ1) is 4.54.